The monoisotopic (exact) mass is 900 g/mol. The van der Waals surface area contributed by atoms with Crippen LogP contribution in [0.2, 0.25) is 0 Å². The van der Waals surface area contributed by atoms with Gasteiger partial charge in [0, 0.05) is 31.1 Å². The zero-order valence-corrected chi connectivity index (χ0v) is 39.1. The fraction of sp³-hybridized carbons (Fsp3) is 0.400. The summed E-state index contributed by atoms with van der Waals surface area (Å²) in [4.78, 5) is 73.2. The number of ether oxygens (including phenoxy) is 4. The molecule has 0 saturated heterocycles. The highest BCUT2D eigenvalue weighted by Crippen LogP contribution is 2.43. The number of benzene rings is 4. The second kappa shape index (κ2) is 20.5. The van der Waals surface area contributed by atoms with Crippen LogP contribution in [-0.4, -0.2) is 101 Å². The fourth-order valence-corrected chi connectivity index (χ4v) is 8.66. The first-order chi connectivity index (χ1) is 31.8. The van der Waals surface area contributed by atoms with Gasteiger partial charge in [0.05, 0.1) is 55.8 Å². The zero-order chi connectivity index (χ0) is 47.2. The Hall–Kier alpha value is -6.94. The molecule has 6 aromatic rings. The summed E-state index contributed by atoms with van der Waals surface area (Å²) < 4.78 is 21.6. The van der Waals surface area contributed by atoms with E-state index in [2.05, 4.69) is 50.9 Å². The predicted octanol–water partition coefficient (Wildman–Crippen LogP) is 8.62. The predicted molar refractivity (Wildman–Crippen MR) is 251 cm³/mol. The summed E-state index contributed by atoms with van der Waals surface area (Å²) in [5, 5.41) is 7.32. The Morgan fingerprint density at radius 1 is 0.803 bits per heavy atom. The Balaban J connectivity index is 1.16. The van der Waals surface area contributed by atoms with Crippen LogP contribution < -0.4 is 15.4 Å². The van der Waals surface area contributed by atoms with E-state index in [0.29, 0.717) is 43.5 Å². The van der Waals surface area contributed by atoms with Crippen LogP contribution in [0.1, 0.15) is 88.9 Å². The molecule has 16 heteroatoms. The fourth-order valence-electron chi connectivity index (χ4n) is 8.66. The van der Waals surface area contributed by atoms with Gasteiger partial charge in [-0.05, 0) is 84.0 Å². The second-order valence-electron chi connectivity index (χ2n) is 17.3. The number of aromatic amines is 2. The van der Waals surface area contributed by atoms with E-state index < -0.39 is 30.3 Å². The van der Waals surface area contributed by atoms with Crippen LogP contribution in [0.3, 0.4) is 0 Å². The van der Waals surface area contributed by atoms with Gasteiger partial charge in [0.15, 0.2) is 0 Å². The molecular formula is C50H60N8O8. The average molecular weight is 901 g/mol. The van der Waals surface area contributed by atoms with Crippen LogP contribution in [-0.2, 0) is 30.4 Å². The third-order valence-corrected chi connectivity index (χ3v) is 12.2. The van der Waals surface area contributed by atoms with E-state index >= 15 is 0 Å². The number of alkyl carbamates (subject to hydrolysis) is 2. The summed E-state index contributed by atoms with van der Waals surface area (Å²) in [6.45, 7) is 13.3. The molecule has 66 heavy (non-hydrogen) atoms. The lowest BCUT2D eigenvalue weighted by molar-refractivity contribution is -0.137. The molecule has 1 aliphatic heterocycles. The summed E-state index contributed by atoms with van der Waals surface area (Å²) >= 11 is 0. The second-order valence-corrected chi connectivity index (χ2v) is 17.3. The summed E-state index contributed by atoms with van der Waals surface area (Å²) in [5.74, 6) is 1.27. The molecular weight excluding hydrogens is 841 g/mol. The first kappa shape index (κ1) is 47.0. The summed E-state index contributed by atoms with van der Waals surface area (Å²) in [6, 6.07) is 20.9. The molecule has 5 atom stereocenters. The van der Waals surface area contributed by atoms with Crippen molar-refractivity contribution in [2.45, 2.75) is 78.7 Å². The highest BCUT2D eigenvalue weighted by molar-refractivity contribution is 6.07. The molecule has 0 fully saturated rings. The van der Waals surface area contributed by atoms with Crippen molar-refractivity contribution in [2.24, 2.45) is 11.8 Å². The number of carbonyl (C=O) groups is 4. The number of nitrogens with zero attached hydrogens (tertiary/aromatic N) is 4. The zero-order valence-electron chi connectivity index (χ0n) is 39.1. The molecule has 2 aromatic heterocycles. The normalized spacial score (nSPS) is 14.3. The smallest absolute Gasteiger partial charge is 0.407 e. The van der Waals surface area contributed by atoms with Crippen molar-refractivity contribution in [1.82, 2.24) is 40.4 Å². The van der Waals surface area contributed by atoms with Crippen LogP contribution in [0.25, 0.3) is 44.2 Å². The van der Waals surface area contributed by atoms with Gasteiger partial charge in [-0.2, -0.15) is 0 Å². The molecule has 16 nitrogen and oxygen atoms in total. The maximum atomic E-state index is 14.5. The van der Waals surface area contributed by atoms with Crippen molar-refractivity contribution in [3.05, 3.63) is 102 Å². The van der Waals surface area contributed by atoms with Gasteiger partial charge in [-0.15, -0.1) is 0 Å². The number of fused-ring (bicyclic) bond motifs is 6. The van der Waals surface area contributed by atoms with E-state index in [9.17, 15) is 19.2 Å². The molecule has 3 heterocycles. The third kappa shape index (κ3) is 9.83. The summed E-state index contributed by atoms with van der Waals surface area (Å²) in [7, 11) is 4.18. The number of methoxy groups -OCH3 is 3. The topological polar surface area (TPSA) is 193 Å². The van der Waals surface area contributed by atoms with Gasteiger partial charge >= 0.3 is 12.2 Å². The molecule has 4 N–H and O–H groups in total. The Morgan fingerprint density at radius 3 is 2.23 bits per heavy atom. The first-order valence-electron chi connectivity index (χ1n) is 22.4. The van der Waals surface area contributed by atoms with Crippen molar-refractivity contribution >= 4 is 45.8 Å². The van der Waals surface area contributed by atoms with Gasteiger partial charge in [0.25, 0.3) is 5.91 Å². The number of hydrogen-bond acceptors (Lipinski definition) is 10. The maximum absolute atomic E-state index is 14.5. The molecule has 1 aliphatic rings. The number of hydrogen-bond donors (Lipinski definition) is 4. The summed E-state index contributed by atoms with van der Waals surface area (Å²) in [5.41, 5.74) is 6.93. The van der Waals surface area contributed by atoms with E-state index in [0.717, 1.165) is 61.9 Å². The first-order valence-corrected chi connectivity index (χ1v) is 22.4. The van der Waals surface area contributed by atoms with E-state index in [4.69, 9.17) is 28.9 Å². The van der Waals surface area contributed by atoms with Crippen LogP contribution in [0, 0.1) is 11.8 Å². The van der Waals surface area contributed by atoms with Crippen LogP contribution in [0.5, 0.6) is 5.75 Å². The third-order valence-electron chi connectivity index (χ3n) is 12.2. The highest BCUT2D eigenvalue weighted by Gasteiger charge is 2.35. The Bertz CT molecular complexity index is 2700. The minimum absolute atomic E-state index is 0.0231. The molecule has 0 saturated carbocycles. The van der Waals surface area contributed by atoms with Crippen LogP contribution in [0.15, 0.2) is 79.0 Å². The standard InChI is InChI=1S/C50H60N8O8/c1-10-20-57(47(59)42(28(2)3)55-49(61)64-8)30(5)45-51-24-40(53-45)34-16-18-36-35(21-34)27-66-41-23-37-33(22-38(36)41)17-19-39-44(37)54-46(52-39)31(6)58(25-29(4)26-63-7)48(60)43(56-50(62)65-9)32-14-12-11-13-15-32/h11-19,21-24,28-31,42-43H,10,20,25-27H2,1-9H3,(H,51,53)(H,52,54)(H,55,61)(H,56,62). The van der Waals surface area contributed by atoms with Crippen molar-refractivity contribution in [2.75, 3.05) is 41.0 Å². The lowest BCUT2D eigenvalue weighted by Gasteiger charge is -2.33. The molecule has 4 aromatic carbocycles. The number of H-pyrrole nitrogens is 2. The molecule has 4 amide bonds. The van der Waals surface area contributed by atoms with Crippen molar-refractivity contribution in [3.63, 3.8) is 0 Å². The van der Waals surface area contributed by atoms with Crippen LogP contribution in [0.4, 0.5) is 9.59 Å². The van der Waals surface area contributed by atoms with Crippen LogP contribution >= 0.6 is 0 Å². The van der Waals surface area contributed by atoms with Gasteiger partial charge in [-0.25, -0.2) is 19.6 Å². The average Bonchev–Trinajstić information content (AvgIpc) is 4.01. The van der Waals surface area contributed by atoms with E-state index in [1.807, 2.05) is 71.9 Å². The number of imidazole rings is 2. The quantitative estimate of drug-likeness (QED) is 0.0689. The molecule has 0 radical (unpaired) electrons. The van der Waals surface area contributed by atoms with Gasteiger partial charge in [-0.1, -0.05) is 76.2 Å². The number of carbonyl (C=O) groups excluding carboxylic acids is 4. The van der Waals surface area contributed by atoms with Gasteiger partial charge < -0.3 is 49.3 Å². The molecule has 0 bridgehead atoms. The Kier molecular flexibility index (Phi) is 14.6. The lowest BCUT2D eigenvalue weighted by Crippen LogP contribution is -2.52. The van der Waals surface area contributed by atoms with Gasteiger partial charge in [0.1, 0.15) is 36.1 Å². The van der Waals surface area contributed by atoms with Gasteiger partial charge in [0.2, 0.25) is 5.91 Å². The van der Waals surface area contributed by atoms with E-state index in [-0.39, 0.29) is 29.7 Å². The van der Waals surface area contributed by atoms with Crippen molar-refractivity contribution < 1.29 is 38.1 Å². The lowest BCUT2D eigenvalue weighted by atomic mass is 9.92. The molecule has 7 rings (SSSR count). The van der Waals surface area contributed by atoms with Crippen molar-refractivity contribution in [1.29, 1.82) is 0 Å². The minimum atomic E-state index is -0.995. The molecule has 348 valence electrons. The SMILES string of the molecule is CCCN(C(=O)C(NC(=O)OC)C(C)C)C(C)c1ncc(-c2ccc3c(c2)COc2cc4c(ccc5[nH]c(C(C)N(CC(C)COC)C(=O)C(NC(=O)OC)c6ccccc6)nc54)cc2-3)[nH]1. The largest absolute Gasteiger partial charge is 0.488 e. The molecule has 0 aliphatic carbocycles. The minimum Gasteiger partial charge on any atom is -0.488 e. The van der Waals surface area contributed by atoms with E-state index in [1.54, 1.807) is 35.2 Å². The van der Waals surface area contributed by atoms with E-state index in [1.165, 1.54) is 14.2 Å². The van der Waals surface area contributed by atoms with Gasteiger partial charge in [-0.3, -0.25) is 9.59 Å². The Labute approximate surface area is 384 Å². The van der Waals surface area contributed by atoms with Crippen molar-refractivity contribution in [3.8, 4) is 28.1 Å². The number of nitrogens with one attached hydrogen (secondary N) is 4. The number of aromatic nitrogens is 4. The molecule has 0 spiro atoms. The maximum Gasteiger partial charge on any atom is 0.407 e. The Morgan fingerprint density at radius 2 is 1.53 bits per heavy atom. The number of amides is 4. The number of rotatable bonds is 17. The summed E-state index contributed by atoms with van der Waals surface area (Å²) in [6.07, 6.45) is 1.14. The molecule has 5 unspecified atom stereocenters. The highest BCUT2D eigenvalue weighted by atomic mass is 16.5.